The Hall–Kier alpha value is -0.0800. The van der Waals surface area contributed by atoms with E-state index in [1.165, 1.54) is 0 Å². The molecular weight excluding hydrogens is 56.0 g/mol. The van der Waals surface area contributed by atoms with Gasteiger partial charge in [-0.05, 0) is 0 Å². The quantitative estimate of drug-likeness (QED) is 0.376. The summed E-state index contributed by atoms with van der Waals surface area (Å²) < 4.78 is 4.26. The molecule has 0 amide bonds. The van der Waals surface area contributed by atoms with Crippen LogP contribution in [0.2, 0.25) is 0 Å². The first-order valence-corrected chi connectivity index (χ1v) is 1.19. The van der Waals surface area contributed by atoms with E-state index in [2.05, 4.69) is 4.74 Å². The van der Waals surface area contributed by atoms with Gasteiger partial charge in [0.15, 0.2) is 6.29 Å². The van der Waals surface area contributed by atoms with Gasteiger partial charge in [0.1, 0.15) is 6.61 Å². The van der Waals surface area contributed by atoms with Gasteiger partial charge in [-0.2, -0.15) is 0 Å². The van der Waals surface area contributed by atoms with Gasteiger partial charge in [0.05, 0.1) is 0 Å². The van der Waals surface area contributed by atoms with Crippen LogP contribution in [0.15, 0.2) is 0 Å². The predicted molar refractivity (Wildman–Crippen MR) is 12.0 cm³/mol. The first-order valence-electron chi connectivity index (χ1n) is 1.19. The fourth-order valence-electron chi connectivity index (χ4n) is 0.0430. The maximum atomic E-state index is 7.94. The van der Waals surface area contributed by atoms with Crippen molar-refractivity contribution >= 4 is 0 Å². The molecule has 2 nitrogen and oxygen atoms in total. The first kappa shape index (κ1) is 2.18. The van der Waals surface area contributed by atoms with Crippen molar-refractivity contribution in [2.24, 2.45) is 0 Å². The van der Waals surface area contributed by atoms with Crippen LogP contribution < -0.4 is 0 Å². The SMILES string of the molecule is O[C@@H]1CO1. The molecule has 0 saturated carbocycles. The molecule has 1 rings (SSSR count). The second-order valence-electron chi connectivity index (χ2n) is 0.788. The van der Waals surface area contributed by atoms with Crippen LogP contribution in [0.25, 0.3) is 0 Å². The van der Waals surface area contributed by atoms with E-state index >= 15 is 0 Å². The minimum absolute atomic E-state index is 0.417. The Morgan fingerprint density at radius 1 is 2.00 bits per heavy atom. The molecule has 0 aromatic rings. The summed E-state index contributed by atoms with van der Waals surface area (Å²) in [6, 6.07) is 0. The molecule has 1 fully saturated rings. The van der Waals surface area contributed by atoms with Crippen LogP contribution in [0.3, 0.4) is 0 Å². The topological polar surface area (TPSA) is 32.8 Å². The monoisotopic (exact) mass is 60.0 g/mol. The van der Waals surface area contributed by atoms with Gasteiger partial charge in [-0.1, -0.05) is 0 Å². The molecule has 0 aliphatic carbocycles. The Kier molecular flexibility index (Phi) is 0.242. The molecule has 1 aliphatic rings. The third-order valence-electron chi connectivity index (χ3n) is 0.316. The maximum absolute atomic E-state index is 7.94. The smallest absolute Gasteiger partial charge is 0.178 e. The van der Waals surface area contributed by atoms with E-state index in [-0.39, 0.29) is 0 Å². The Morgan fingerprint density at radius 2 is 2.25 bits per heavy atom. The van der Waals surface area contributed by atoms with Crippen LogP contribution in [-0.4, -0.2) is 18.0 Å². The van der Waals surface area contributed by atoms with E-state index < -0.39 is 6.29 Å². The number of aliphatic hydroxyl groups is 1. The molecule has 1 saturated heterocycles. The summed E-state index contributed by atoms with van der Waals surface area (Å²) in [5.74, 6) is 0. The van der Waals surface area contributed by atoms with E-state index in [0.29, 0.717) is 6.61 Å². The van der Waals surface area contributed by atoms with Crippen LogP contribution in [0.5, 0.6) is 0 Å². The summed E-state index contributed by atoms with van der Waals surface area (Å²) in [6.45, 7) is 0.542. The van der Waals surface area contributed by atoms with Crippen LogP contribution >= 0.6 is 0 Å². The summed E-state index contributed by atoms with van der Waals surface area (Å²) in [5, 5.41) is 7.94. The lowest BCUT2D eigenvalue weighted by atomic mass is 10.9. The largest absolute Gasteiger partial charge is 0.366 e. The van der Waals surface area contributed by atoms with Crippen molar-refractivity contribution in [2.75, 3.05) is 6.61 Å². The Balaban J connectivity index is 2.17. The molecule has 1 heterocycles. The van der Waals surface area contributed by atoms with Crippen LogP contribution in [0.1, 0.15) is 0 Å². The van der Waals surface area contributed by atoms with Crippen molar-refractivity contribution in [3.8, 4) is 0 Å². The second kappa shape index (κ2) is 0.445. The molecule has 0 bridgehead atoms. The molecule has 0 aromatic heterocycles. The number of hydrogen-bond donors (Lipinski definition) is 1. The molecule has 24 valence electrons. The maximum Gasteiger partial charge on any atom is 0.178 e. The zero-order valence-corrected chi connectivity index (χ0v) is 2.14. The van der Waals surface area contributed by atoms with Crippen molar-refractivity contribution in [1.29, 1.82) is 0 Å². The number of rotatable bonds is 0. The van der Waals surface area contributed by atoms with Gasteiger partial charge >= 0.3 is 0 Å². The van der Waals surface area contributed by atoms with Gasteiger partial charge in [0.2, 0.25) is 0 Å². The van der Waals surface area contributed by atoms with Crippen LogP contribution in [0, 0.1) is 0 Å². The van der Waals surface area contributed by atoms with Crippen LogP contribution in [-0.2, 0) is 4.74 Å². The van der Waals surface area contributed by atoms with E-state index in [9.17, 15) is 0 Å². The van der Waals surface area contributed by atoms with E-state index in [0.717, 1.165) is 0 Å². The molecule has 4 heavy (non-hydrogen) atoms. The third-order valence-corrected chi connectivity index (χ3v) is 0.316. The zero-order valence-electron chi connectivity index (χ0n) is 2.14. The van der Waals surface area contributed by atoms with Crippen molar-refractivity contribution in [3.63, 3.8) is 0 Å². The number of ether oxygens (including phenoxy) is 1. The van der Waals surface area contributed by atoms with Gasteiger partial charge in [0.25, 0.3) is 0 Å². The standard InChI is InChI=1S/C2H4O2/c3-2-1-4-2/h2-3H,1H2/t2-/m0/s1. The average Bonchev–Trinajstić information content (AvgIpc) is 1.75. The third kappa shape index (κ3) is 0.191. The number of aliphatic hydroxyl groups excluding tert-OH is 1. The Labute approximate surface area is 24.0 Å². The number of hydrogen-bond acceptors (Lipinski definition) is 2. The summed E-state index contributed by atoms with van der Waals surface area (Å²) in [7, 11) is 0. The first-order chi connectivity index (χ1) is 1.89. The van der Waals surface area contributed by atoms with Crippen molar-refractivity contribution in [1.82, 2.24) is 0 Å². The van der Waals surface area contributed by atoms with Gasteiger partial charge < -0.3 is 9.84 Å². The predicted octanol–water partition coefficient (Wildman–Crippen LogP) is -0.665. The highest BCUT2D eigenvalue weighted by Crippen LogP contribution is 2.00. The molecule has 0 spiro atoms. The van der Waals surface area contributed by atoms with E-state index in [4.69, 9.17) is 5.11 Å². The summed E-state index contributed by atoms with van der Waals surface area (Å²) in [5.41, 5.74) is 0. The zero-order chi connectivity index (χ0) is 2.99. The number of epoxide rings is 1. The molecule has 0 unspecified atom stereocenters. The molecular formula is C2H4O2. The molecule has 1 atom stereocenters. The fraction of sp³-hybridized carbons (Fsp3) is 1.00. The average molecular weight is 60.1 g/mol. The van der Waals surface area contributed by atoms with Crippen LogP contribution in [0.4, 0.5) is 0 Å². The highest BCUT2D eigenvalue weighted by Gasteiger charge is 2.16. The molecule has 1 N–H and O–H groups in total. The molecule has 0 aromatic carbocycles. The van der Waals surface area contributed by atoms with Gasteiger partial charge in [-0.3, -0.25) is 0 Å². The lowest BCUT2D eigenvalue weighted by Gasteiger charge is -1.54. The Bertz CT molecular complexity index is 23.2. The van der Waals surface area contributed by atoms with Crippen molar-refractivity contribution in [3.05, 3.63) is 0 Å². The normalized spacial score (nSPS) is 39.8. The lowest BCUT2D eigenvalue weighted by Crippen LogP contribution is -1.70. The summed E-state index contributed by atoms with van der Waals surface area (Å²) >= 11 is 0. The van der Waals surface area contributed by atoms with Gasteiger partial charge in [-0.25, -0.2) is 0 Å². The second-order valence-corrected chi connectivity index (χ2v) is 0.788. The van der Waals surface area contributed by atoms with E-state index in [1.54, 1.807) is 0 Å². The van der Waals surface area contributed by atoms with Crippen molar-refractivity contribution in [2.45, 2.75) is 6.29 Å². The minimum atomic E-state index is -0.417. The minimum Gasteiger partial charge on any atom is -0.366 e. The highest BCUT2D eigenvalue weighted by molar-refractivity contribution is 4.48. The molecule has 2 heteroatoms. The Morgan fingerprint density at radius 3 is 2.25 bits per heavy atom. The molecule has 0 radical (unpaired) electrons. The lowest BCUT2D eigenvalue weighted by molar-refractivity contribution is 0.156. The highest BCUT2D eigenvalue weighted by atomic mass is 16.7. The van der Waals surface area contributed by atoms with E-state index in [1.807, 2.05) is 0 Å². The van der Waals surface area contributed by atoms with Gasteiger partial charge in [-0.15, -0.1) is 0 Å². The fourth-order valence-corrected chi connectivity index (χ4v) is 0.0430. The summed E-state index contributed by atoms with van der Waals surface area (Å²) in [6.07, 6.45) is -0.417. The van der Waals surface area contributed by atoms with Gasteiger partial charge in [0, 0.05) is 0 Å². The van der Waals surface area contributed by atoms with Crippen molar-refractivity contribution < 1.29 is 9.84 Å². The summed E-state index contributed by atoms with van der Waals surface area (Å²) in [4.78, 5) is 0. The molecule has 1 aliphatic heterocycles.